The molecule has 0 fully saturated rings. The van der Waals surface area contributed by atoms with Crippen molar-refractivity contribution in [2.45, 2.75) is 0 Å². The highest BCUT2D eigenvalue weighted by Crippen LogP contribution is 1.91. The smallest absolute Gasteiger partial charge is 0.0839 e. The zero-order chi connectivity index (χ0) is 7.23. The summed E-state index contributed by atoms with van der Waals surface area (Å²) in [5.74, 6) is 6.00. The average Bonchev–Trinajstić information content (AvgIpc) is 2.03. The molecule has 0 radical (unpaired) electrons. The first-order valence-electron chi connectivity index (χ1n) is 2.88. The first-order valence-corrected chi connectivity index (χ1v) is 3.42. The van der Waals surface area contributed by atoms with E-state index in [1.54, 1.807) is 12.4 Å². The highest BCUT2D eigenvalue weighted by atomic mass is 35.5. The topological polar surface area (TPSA) is 12.9 Å². The van der Waals surface area contributed by atoms with Crippen LogP contribution in [0.25, 0.3) is 0 Å². The summed E-state index contributed by atoms with van der Waals surface area (Å²) < 4.78 is 0. The Kier molecular flexibility index (Phi) is 2.79. The van der Waals surface area contributed by atoms with Gasteiger partial charge in [0.05, 0.1) is 5.88 Å². The number of halogens is 1. The second-order valence-corrected chi connectivity index (χ2v) is 1.94. The zero-order valence-electron chi connectivity index (χ0n) is 5.34. The lowest BCUT2D eigenvalue weighted by Gasteiger charge is -1.83. The molecule has 0 amide bonds. The van der Waals surface area contributed by atoms with Crippen molar-refractivity contribution in [2.75, 3.05) is 5.88 Å². The lowest BCUT2D eigenvalue weighted by Crippen LogP contribution is -1.73. The van der Waals surface area contributed by atoms with Crippen LogP contribution in [0.3, 0.4) is 0 Å². The molecule has 0 aliphatic heterocycles. The SMILES string of the molecule is ClCC#Cc1ccncc1. The number of aromatic nitrogens is 1. The maximum absolute atomic E-state index is 5.36. The minimum Gasteiger partial charge on any atom is -0.265 e. The van der Waals surface area contributed by atoms with Crippen LogP contribution in [0.15, 0.2) is 24.5 Å². The number of pyridine rings is 1. The number of rotatable bonds is 0. The number of alkyl halides is 1. The molecule has 0 saturated carbocycles. The van der Waals surface area contributed by atoms with Crippen LogP contribution in [0.4, 0.5) is 0 Å². The average molecular weight is 152 g/mol. The van der Waals surface area contributed by atoms with Crippen molar-refractivity contribution < 1.29 is 0 Å². The Bertz CT molecular complexity index is 245. The summed E-state index contributed by atoms with van der Waals surface area (Å²) in [5.41, 5.74) is 0.954. The Balaban J connectivity index is 2.76. The molecule has 10 heavy (non-hydrogen) atoms. The van der Waals surface area contributed by atoms with Gasteiger partial charge in [0.15, 0.2) is 0 Å². The second kappa shape index (κ2) is 3.92. The highest BCUT2D eigenvalue weighted by molar-refractivity contribution is 6.19. The van der Waals surface area contributed by atoms with Gasteiger partial charge in [0.25, 0.3) is 0 Å². The van der Waals surface area contributed by atoms with E-state index in [1.807, 2.05) is 12.1 Å². The Morgan fingerprint density at radius 1 is 1.40 bits per heavy atom. The summed E-state index contributed by atoms with van der Waals surface area (Å²) in [4.78, 5) is 3.85. The van der Waals surface area contributed by atoms with Crippen LogP contribution in [0, 0.1) is 11.8 Å². The molecule has 0 unspecified atom stereocenters. The lowest BCUT2D eigenvalue weighted by molar-refractivity contribution is 1.32. The quantitative estimate of drug-likeness (QED) is 0.406. The highest BCUT2D eigenvalue weighted by Gasteiger charge is 1.79. The lowest BCUT2D eigenvalue weighted by atomic mass is 10.3. The van der Waals surface area contributed by atoms with E-state index in [4.69, 9.17) is 11.6 Å². The second-order valence-electron chi connectivity index (χ2n) is 1.67. The van der Waals surface area contributed by atoms with Crippen molar-refractivity contribution in [1.29, 1.82) is 0 Å². The van der Waals surface area contributed by atoms with Crippen LogP contribution < -0.4 is 0 Å². The fourth-order valence-corrected chi connectivity index (χ4v) is 0.638. The van der Waals surface area contributed by atoms with Gasteiger partial charge in [-0.3, -0.25) is 4.98 Å². The predicted octanol–water partition coefficient (Wildman–Crippen LogP) is 1.67. The van der Waals surface area contributed by atoms with E-state index in [2.05, 4.69) is 16.8 Å². The predicted molar refractivity (Wildman–Crippen MR) is 41.8 cm³/mol. The van der Waals surface area contributed by atoms with Crippen LogP contribution >= 0.6 is 11.6 Å². The molecule has 50 valence electrons. The molecule has 1 rings (SSSR count). The standard InChI is InChI=1S/C8H6ClN/c9-5-1-2-8-3-6-10-7-4-8/h3-4,6-7H,5H2. The van der Waals surface area contributed by atoms with Gasteiger partial charge in [0.2, 0.25) is 0 Å². The van der Waals surface area contributed by atoms with Crippen molar-refractivity contribution in [1.82, 2.24) is 4.98 Å². The van der Waals surface area contributed by atoms with E-state index in [0.717, 1.165) is 5.56 Å². The fourth-order valence-electron chi connectivity index (χ4n) is 0.571. The number of hydrogen-bond acceptors (Lipinski definition) is 1. The Hall–Kier alpha value is -1.00. The van der Waals surface area contributed by atoms with Crippen LogP contribution in [-0.2, 0) is 0 Å². The summed E-state index contributed by atoms with van der Waals surface area (Å²) in [6.45, 7) is 0. The van der Waals surface area contributed by atoms with Crippen LogP contribution in [-0.4, -0.2) is 10.9 Å². The van der Waals surface area contributed by atoms with Gasteiger partial charge in [-0.1, -0.05) is 11.8 Å². The van der Waals surface area contributed by atoms with E-state index in [1.165, 1.54) is 0 Å². The summed E-state index contributed by atoms with van der Waals surface area (Å²) >= 11 is 5.36. The van der Waals surface area contributed by atoms with Crippen molar-refractivity contribution >= 4 is 11.6 Å². The van der Waals surface area contributed by atoms with Gasteiger partial charge >= 0.3 is 0 Å². The summed E-state index contributed by atoms with van der Waals surface area (Å²) in [7, 11) is 0. The van der Waals surface area contributed by atoms with Gasteiger partial charge < -0.3 is 0 Å². The largest absolute Gasteiger partial charge is 0.265 e. The molecule has 1 nitrogen and oxygen atoms in total. The van der Waals surface area contributed by atoms with E-state index in [-0.39, 0.29) is 0 Å². The molecule has 0 bridgehead atoms. The molecule has 0 aliphatic carbocycles. The molecular weight excluding hydrogens is 146 g/mol. The van der Waals surface area contributed by atoms with Gasteiger partial charge in [-0.2, -0.15) is 0 Å². The third-order valence-electron chi connectivity index (χ3n) is 0.980. The molecule has 2 heteroatoms. The van der Waals surface area contributed by atoms with Gasteiger partial charge in [-0.25, -0.2) is 0 Å². The third kappa shape index (κ3) is 2.08. The molecule has 0 atom stereocenters. The van der Waals surface area contributed by atoms with Gasteiger partial charge in [-0.05, 0) is 12.1 Å². The van der Waals surface area contributed by atoms with Gasteiger partial charge in [0.1, 0.15) is 0 Å². The van der Waals surface area contributed by atoms with Crippen LogP contribution in [0.1, 0.15) is 5.56 Å². The van der Waals surface area contributed by atoms with E-state index in [0.29, 0.717) is 5.88 Å². The van der Waals surface area contributed by atoms with E-state index < -0.39 is 0 Å². The van der Waals surface area contributed by atoms with Crippen LogP contribution in [0.2, 0.25) is 0 Å². The zero-order valence-corrected chi connectivity index (χ0v) is 6.10. The van der Waals surface area contributed by atoms with Crippen molar-refractivity contribution in [3.05, 3.63) is 30.1 Å². The first-order chi connectivity index (χ1) is 4.93. The minimum atomic E-state index is 0.377. The molecule has 0 aromatic carbocycles. The molecular formula is C8H6ClN. The molecule has 0 N–H and O–H groups in total. The van der Waals surface area contributed by atoms with Gasteiger partial charge in [0, 0.05) is 18.0 Å². The van der Waals surface area contributed by atoms with Crippen molar-refractivity contribution in [3.63, 3.8) is 0 Å². The molecule has 1 aromatic heterocycles. The van der Waals surface area contributed by atoms with E-state index >= 15 is 0 Å². The first kappa shape index (κ1) is 7.11. The Morgan fingerprint density at radius 2 is 2.10 bits per heavy atom. The van der Waals surface area contributed by atoms with Crippen molar-refractivity contribution in [2.24, 2.45) is 0 Å². The maximum atomic E-state index is 5.36. The third-order valence-corrected chi connectivity index (χ3v) is 1.11. The normalized spacial score (nSPS) is 8.10. The minimum absolute atomic E-state index is 0.377. The summed E-state index contributed by atoms with van der Waals surface area (Å²) in [6.07, 6.45) is 3.41. The number of hydrogen-bond donors (Lipinski definition) is 0. The molecule has 0 aliphatic rings. The molecule has 0 spiro atoms. The monoisotopic (exact) mass is 151 g/mol. The fraction of sp³-hybridized carbons (Fsp3) is 0.125. The van der Waals surface area contributed by atoms with Gasteiger partial charge in [-0.15, -0.1) is 11.6 Å². The number of nitrogens with zero attached hydrogens (tertiary/aromatic N) is 1. The maximum Gasteiger partial charge on any atom is 0.0839 e. The molecule has 1 heterocycles. The Labute approximate surface area is 65.0 Å². The Morgan fingerprint density at radius 3 is 2.70 bits per heavy atom. The summed E-state index contributed by atoms with van der Waals surface area (Å²) in [6, 6.07) is 3.69. The summed E-state index contributed by atoms with van der Waals surface area (Å²) in [5, 5.41) is 0. The van der Waals surface area contributed by atoms with E-state index in [9.17, 15) is 0 Å². The molecule has 0 saturated heterocycles. The van der Waals surface area contributed by atoms with Crippen molar-refractivity contribution in [3.8, 4) is 11.8 Å². The van der Waals surface area contributed by atoms with Crippen LogP contribution in [0.5, 0.6) is 0 Å². The molecule has 1 aromatic rings.